The number of nitrogens with zero attached hydrogens (tertiary/aromatic N) is 3. The maximum atomic E-state index is 11.5. The van der Waals surface area contributed by atoms with Crippen molar-refractivity contribution in [2.45, 2.75) is 54.6 Å². The van der Waals surface area contributed by atoms with Gasteiger partial charge in [0.2, 0.25) is 0 Å². The number of hydrogen-bond acceptors (Lipinski definition) is 9. The molecule has 0 radical (unpaired) electrons. The monoisotopic (exact) mass is 532 g/mol. The minimum absolute atomic E-state index is 0.188. The topological polar surface area (TPSA) is 122 Å². The summed E-state index contributed by atoms with van der Waals surface area (Å²) < 4.78 is 13.7. The molecule has 9 nitrogen and oxygen atoms in total. The number of thioether (sulfide) groups is 1. The highest BCUT2D eigenvalue weighted by Gasteiger charge is 2.48. The summed E-state index contributed by atoms with van der Waals surface area (Å²) in [6.07, 6.45) is -1.22. The minimum atomic E-state index is -1.12. The summed E-state index contributed by atoms with van der Waals surface area (Å²) in [5, 5.41) is 31.8. The standard InChI is InChI=1S/C20H22Cl2N4O5S2/c1-9(2)30-18-16(26-6-13(24-25-26)14-8-32-20(29)23-14)17(28)15(7-27)31-19(18)33-10-3-4-11(21)12(22)5-10/h3-6,8-9,15-19,27-28H,7H2,1-2H3,(H,23,29)/t15?,16-,17-,18?,19+/m0/s1. The van der Waals surface area contributed by atoms with Crippen molar-refractivity contribution in [3.8, 4) is 11.4 Å². The highest BCUT2D eigenvalue weighted by atomic mass is 35.5. The number of H-pyrrole nitrogens is 1. The maximum absolute atomic E-state index is 11.5. The molecule has 0 aliphatic carbocycles. The van der Waals surface area contributed by atoms with Crippen molar-refractivity contribution in [2.75, 3.05) is 6.61 Å². The van der Waals surface area contributed by atoms with Crippen LogP contribution in [0, 0.1) is 0 Å². The van der Waals surface area contributed by atoms with Crippen molar-refractivity contribution in [1.82, 2.24) is 20.0 Å². The second-order valence-corrected chi connectivity index (χ2v) is 10.5. The van der Waals surface area contributed by atoms with Crippen LogP contribution in [0.1, 0.15) is 19.9 Å². The molecule has 2 aromatic heterocycles. The molecule has 178 valence electrons. The highest BCUT2D eigenvalue weighted by Crippen LogP contribution is 2.41. The molecule has 3 N–H and O–H groups in total. The number of thiazole rings is 1. The second kappa shape index (κ2) is 10.4. The van der Waals surface area contributed by atoms with E-state index in [9.17, 15) is 15.0 Å². The SMILES string of the molecule is CC(C)OC1[C@@H](Sc2ccc(Cl)c(Cl)c2)OC(CO)[C@H](O)[C@@H]1n1cc(-c2csc(=O)[nH]2)nn1. The first-order valence-electron chi connectivity index (χ1n) is 10.1. The quantitative estimate of drug-likeness (QED) is 0.423. The molecule has 1 aliphatic heterocycles. The van der Waals surface area contributed by atoms with Gasteiger partial charge in [0.1, 0.15) is 35.5 Å². The Morgan fingerprint density at radius 2 is 2.15 bits per heavy atom. The fraction of sp³-hybridized carbons (Fsp3) is 0.450. The largest absolute Gasteiger partial charge is 0.394 e. The Bertz CT molecular complexity index is 1150. The van der Waals surface area contributed by atoms with Gasteiger partial charge in [-0.3, -0.25) is 4.79 Å². The van der Waals surface area contributed by atoms with E-state index >= 15 is 0 Å². The highest BCUT2D eigenvalue weighted by molar-refractivity contribution is 7.99. The first-order valence-corrected chi connectivity index (χ1v) is 12.6. The molecule has 0 bridgehead atoms. The Labute approximate surface area is 207 Å². The van der Waals surface area contributed by atoms with E-state index in [0.717, 1.165) is 16.2 Å². The van der Waals surface area contributed by atoms with Gasteiger partial charge in [-0.2, -0.15) is 0 Å². The fourth-order valence-corrected chi connectivity index (χ4v) is 5.65. The first kappa shape index (κ1) is 24.7. The Hall–Kier alpha value is -1.44. The Morgan fingerprint density at radius 3 is 2.79 bits per heavy atom. The zero-order chi connectivity index (χ0) is 23.7. The van der Waals surface area contributed by atoms with Crippen LogP contribution < -0.4 is 4.87 Å². The van der Waals surface area contributed by atoms with Gasteiger partial charge in [-0.15, -0.1) is 5.10 Å². The molecule has 1 aromatic carbocycles. The molecule has 3 aromatic rings. The molecule has 1 saturated heterocycles. The number of halogens is 2. The van der Waals surface area contributed by atoms with Gasteiger partial charge < -0.3 is 24.7 Å². The summed E-state index contributed by atoms with van der Waals surface area (Å²) in [5.74, 6) is 0. The van der Waals surface area contributed by atoms with E-state index in [4.69, 9.17) is 32.7 Å². The van der Waals surface area contributed by atoms with E-state index < -0.39 is 36.4 Å². The van der Waals surface area contributed by atoms with E-state index in [1.54, 1.807) is 23.7 Å². The van der Waals surface area contributed by atoms with Crippen molar-refractivity contribution in [1.29, 1.82) is 0 Å². The number of aliphatic hydroxyl groups excluding tert-OH is 2. The van der Waals surface area contributed by atoms with Crippen molar-refractivity contribution in [3.63, 3.8) is 0 Å². The van der Waals surface area contributed by atoms with Crippen LogP contribution in [-0.2, 0) is 9.47 Å². The molecule has 0 amide bonds. The molecule has 33 heavy (non-hydrogen) atoms. The number of benzene rings is 1. The normalized spacial score (nSPS) is 25.6. The lowest BCUT2D eigenvalue weighted by Gasteiger charge is -2.44. The number of aromatic nitrogens is 4. The molecule has 4 rings (SSSR count). The van der Waals surface area contributed by atoms with Crippen molar-refractivity contribution < 1.29 is 19.7 Å². The smallest absolute Gasteiger partial charge is 0.304 e. The fourth-order valence-electron chi connectivity index (χ4n) is 3.55. The van der Waals surface area contributed by atoms with Crippen molar-refractivity contribution in [2.24, 2.45) is 0 Å². The van der Waals surface area contributed by atoms with E-state index in [1.165, 1.54) is 16.4 Å². The van der Waals surface area contributed by atoms with E-state index in [-0.39, 0.29) is 11.0 Å². The lowest BCUT2D eigenvalue weighted by molar-refractivity contribution is -0.201. The van der Waals surface area contributed by atoms with Crippen LogP contribution in [0.3, 0.4) is 0 Å². The number of ether oxygens (including phenoxy) is 2. The maximum Gasteiger partial charge on any atom is 0.304 e. The van der Waals surface area contributed by atoms with E-state index in [0.29, 0.717) is 21.4 Å². The number of aliphatic hydroxyl groups is 2. The zero-order valence-electron chi connectivity index (χ0n) is 17.6. The predicted octanol–water partition coefficient (Wildman–Crippen LogP) is 3.21. The van der Waals surface area contributed by atoms with Gasteiger partial charge in [-0.05, 0) is 32.0 Å². The zero-order valence-corrected chi connectivity index (χ0v) is 20.7. The third-order valence-corrected chi connectivity index (χ3v) is 7.56. The van der Waals surface area contributed by atoms with Crippen LogP contribution >= 0.6 is 46.3 Å². The van der Waals surface area contributed by atoms with E-state index in [1.807, 2.05) is 19.9 Å². The molecule has 13 heteroatoms. The van der Waals surface area contributed by atoms with Gasteiger partial charge >= 0.3 is 4.87 Å². The second-order valence-electron chi connectivity index (χ2n) is 7.70. The van der Waals surface area contributed by atoms with E-state index in [2.05, 4.69) is 15.3 Å². The predicted molar refractivity (Wildman–Crippen MR) is 127 cm³/mol. The summed E-state index contributed by atoms with van der Waals surface area (Å²) in [4.78, 5) is 14.8. The van der Waals surface area contributed by atoms with Gasteiger partial charge in [0, 0.05) is 10.3 Å². The molecule has 1 fully saturated rings. The molecule has 3 heterocycles. The van der Waals surface area contributed by atoms with Crippen LogP contribution in [0.15, 0.2) is 39.5 Å². The minimum Gasteiger partial charge on any atom is -0.394 e. The molecular weight excluding hydrogens is 511 g/mol. The van der Waals surface area contributed by atoms with Gasteiger partial charge in [-0.25, -0.2) is 4.68 Å². The van der Waals surface area contributed by atoms with Crippen molar-refractivity contribution in [3.05, 3.63) is 49.5 Å². The van der Waals surface area contributed by atoms with Crippen LogP contribution in [0.2, 0.25) is 10.0 Å². The number of rotatable bonds is 7. The number of hydrogen-bond donors (Lipinski definition) is 3. The summed E-state index contributed by atoms with van der Waals surface area (Å²) in [7, 11) is 0. The van der Waals surface area contributed by atoms with Gasteiger partial charge in [0.25, 0.3) is 0 Å². The van der Waals surface area contributed by atoms with Crippen molar-refractivity contribution >= 4 is 46.3 Å². The Balaban J connectivity index is 1.70. The number of nitrogens with one attached hydrogen (secondary N) is 1. The lowest BCUT2D eigenvalue weighted by atomic mass is 9.97. The molecule has 0 saturated carbocycles. The number of aromatic amines is 1. The molecular formula is C20H22Cl2N4O5S2. The van der Waals surface area contributed by atoms with Crippen LogP contribution in [0.4, 0.5) is 0 Å². The van der Waals surface area contributed by atoms with Gasteiger partial charge in [0.05, 0.1) is 34.6 Å². The molecule has 0 spiro atoms. The van der Waals surface area contributed by atoms with Gasteiger partial charge in [-0.1, -0.05) is 51.5 Å². The Kier molecular flexibility index (Phi) is 7.81. The van der Waals surface area contributed by atoms with Crippen LogP contribution in [0.25, 0.3) is 11.4 Å². The summed E-state index contributed by atoms with van der Waals surface area (Å²) in [5.41, 5.74) is 0.368. The molecule has 1 aliphatic rings. The van der Waals surface area contributed by atoms with Crippen LogP contribution in [-0.4, -0.2) is 66.6 Å². The summed E-state index contributed by atoms with van der Waals surface area (Å²) in [6.45, 7) is 3.36. The summed E-state index contributed by atoms with van der Waals surface area (Å²) >= 11 is 14.6. The molecule has 2 unspecified atom stereocenters. The lowest BCUT2D eigenvalue weighted by Crippen LogP contribution is -2.56. The first-order chi connectivity index (χ1) is 15.8. The third-order valence-electron chi connectivity index (χ3n) is 5.01. The summed E-state index contributed by atoms with van der Waals surface area (Å²) in [6, 6.07) is 4.50. The van der Waals surface area contributed by atoms with Gasteiger partial charge in [0.15, 0.2) is 0 Å². The Morgan fingerprint density at radius 1 is 1.36 bits per heavy atom. The molecule has 5 atom stereocenters. The average Bonchev–Trinajstić information content (AvgIpc) is 3.41. The third kappa shape index (κ3) is 5.46. The van der Waals surface area contributed by atoms with Crippen LogP contribution in [0.5, 0.6) is 0 Å². The average molecular weight is 533 g/mol.